The van der Waals surface area contributed by atoms with Gasteiger partial charge in [0.05, 0.1) is 35.4 Å². The molecule has 2 N–H and O–H groups in total. The van der Waals surface area contributed by atoms with Crippen LogP contribution in [0.3, 0.4) is 0 Å². The van der Waals surface area contributed by atoms with Gasteiger partial charge in [0.25, 0.3) is 0 Å². The Kier molecular flexibility index (Phi) is 11.0. The Hall–Kier alpha value is -2.90. The first-order valence-electron chi connectivity index (χ1n) is 17.3. The zero-order chi connectivity index (χ0) is 35.8. The molecule has 1 unspecified atom stereocenters. The van der Waals surface area contributed by atoms with Crippen LogP contribution in [0.4, 0.5) is 0 Å². The summed E-state index contributed by atoms with van der Waals surface area (Å²) in [7, 11) is 0.185. The van der Waals surface area contributed by atoms with E-state index in [2.05, 4.69) is 68.7 Å². The molecule has 4 aromatic rings. The van der Waals surface area contributed by atoms with E-state index in [1.54, 1.807) is 6.07 Å². The molecule has 0 bridgehead atoms. The summed E-state index contributed by atoms with van der Waals surface area (Å²) < 4.78 is 24.0. The van der Waals surface area contributed by atoms with Crippen LogP contribution in [0.2, 0.25) is 18.1 Å². The Labute approximate surface area is 296 Å². The van der Waals surface area contributed by atoms with Crippen LogP contribution >= 0.6 is 0 Å². The number of benzene rings is 1. The molecule has 49 heavy (non-hydrogen) atoms. The molecule has 1 aliphatic heterocycles. The van der Waals surface area contributed by atoms with Gasteiger partial charge in [0, 0.05) is 35.4 Å². The first-order valence-corrected chi connectivity index (χ1v) is 21.4. The van der Waals surface area contributed by atoms with Crippen molar-refractivity contribution in [2.75, 3.05) is 20.1 Å². The van der Waals surface area contributed by atoms with Crippen LogP contribution in [0.15, 0.2) is 60.8 Å². The van der Waals surface area contributed by atoms with E-state index in [9.17, 15) is 9.66 Å². The van der Waals surface area contributed by atoms with Crippen molar-refractivity contribution in [3.63, 3.8) is 0 Å². The highest BCUT2D eigenvalue weighted by Crippen LogP contribution is 2.38. The van der Waals surface area contributed by atoms with Crippen LogP contribution in [-0.4, -0.2) is 67.5 Å². The van der Waals surface area contributed by atoms with Crippen molar-refractivity contribution in [2.45, 2.75) is 103 Å². The number of hydrogen-bond acceptors (Lipinski definition) is 8. The van der Waals surface area contributed by atoms with E-state index in [0.29, 0.717) is 30.8 Å². The van der Waals surface area contributed by atoms with Crippen molar-refractivity contribution in [3.05, 3.63) is 77.8 Å². The third-order valence-corrected chi connectivity index (χ3v) is 15.9. The summed E-state index contributed by atoms with van der Waals surface area (Å²) in [5, 5.41) is 17.9. The van der Waals surface area contributed by atoms with E-state index in [4.69, 9.17) is 19.5 Å². The number of aliphatic hydroxyl groups is 1. The lowest BCUT2D eigenvalue weighted by molar-refractivity contribution is 0.0101. The quantitative estimate of drug-likeness (QED) is 0.0929. The number of likely N-dealkylation sites (N-methyl/N-ethyl adjacent to an activating group) is 1. The molecule has 1 aromatic carbocycles. The fourth-order valence-corrected chi connectivity index (χ4v) is 7.36. The van der Waals surface area contributed by atoms with Gasteiger partial charge in [-0.05, 0) is 106 Å². The Morgan fingerprint density at radius 3 is 2.43 bits per heavy atom. The fraction of sp³-hybridized carbons (Fsp3) is 0.500. The van der Waals surface area contributed by atoms with Crippen molar-refractivity contribution < 1.29 is 14.1 Å². The van der Waals surface area contributed by atoms with E-state index in [1.165, 1.54) is 5.57 Å². The van der Waals surface area contributed by atoms with Gasteiger partial charge in [0.2, 0.25) is 0 Å². The number of aromatic nitrogens is 4. The van der Waals surface area contributed by atoms with Gasteiger partial charge < -0.3 is 19.0 Å². The van der Waals surface area contributed by atoms with Crippen molar-refractivity contribution in [1.82, 2.24) is 29.4 Å². The molecule has 0 amide bonds. The van der Waals surface area contributed by atoms with E-state index in [1.807, 2.05) is 68.9 Å². The average Bonchev–Trinajstić information content (AvgIpc) is 3.47. The zero-order valence-corrected chi connectivity index (χ0v) is 32.7. The minimum atomic E-state index is -1.95. The molecule has 0 aliphatic carbocycles. The smallest absolute Gasteiger partial charge is 0.200 e. The van der Waals surface area contributed by atoms with Crippen LogP contribution in [-0.2, 0) is 28.1 Å². The Bertz CT molecular complexity index is 1810. The van der Waals surface area contributed by atoms with Crippen molar-refractivity contribution >= 4 is 36.2 Å². The Morgan fingerprint density at radius 1 is 1.04 bits per heavy atom. The van der Waals surface area contributed by atoms with Crippen LogP contribution in [0.5, 0.6) is 0 Å². The minimum Gasteiger partial charge on any atom is -0.598 e. The van der Waals surface area contributed by atoms with Gasteiger partial charge in [-0.25, -0.2) is 14.6 Å². The maximum Gasteiger partial charge on any atom is 0.200 e. The molecule has 9 nitrogen and oxygen atoms in total. The zero-order valence-electron chi connectivity index (χ0n) is 30.9. The molecule has 1 aliphatic rings. The standard InChI is InChI=1S/C38H54N6O3SSi/c1-11-20-38(45,42-48(46)36(2,3)4)34-16-13-15-32(41-34)28-23-30(27-18-21-43(8)22-19-27)31-25-39-44(33(31)24-28)35-17-12-14-29(40-35)26-47-49(9,10)37(5,6)7/h12-18,23-25,42,45H,11,19-22,26H2,1-10H3/t38-,48?/m0/s1. The van der Waals surface area contributed by atoms with Crippen molar-refractivity contribution in [1.29, 1.82) is 0 Å². The number of fused-ring (bicyclic) bond motifs is 1. The highest BCUT2D eigenvalue weighted by atomic mass is 32.2. The predicted molar refractivity (Wildman–Crippen MR) is 204 cm³/mol. The first kappa shape index (κ1) is 37.4. The number of nitrogens with zero attached hydrogens (tertiary/aromatic N) is 5. The molecule has 0 spiro atoms. The van der Waals surface area contributed by atoms with Gasteiger partial charge in [-0.2, -0.15) is 5.10 Å². The predicted octanol–water partition coefficient (Wildman–Crippen LogP) is 7.72. The SMILES string of the molecule is CCC[C@@](O)(N[S+]([O-])C(C)(C)C)c1cccc(-c2cc(C3=CCN(C)CC3)c3cnn(-c4cccc(CO[Si](C)(C)C(C)(C)C)n4)c3c2)n1. The monoisotopic (exact) mass is 702 g/mol. The van der Waals surface area contributed by atoms with Gasteiger partial charge in [-0.1, -0.05) is 52.3 Å². The molecule has 0 radical (unpaired) electrons. The van der Waals surface area contributed by atoms with Gasteiger partial charge >= 0.3 is 0 Å². The summed E-state index contributed by atoms with van der Waals surface area (Å²) >= 11 is -1.50. The normalized spacial score (nSPS) is 16.9. The third-order valence-electron chi connectivity index (χ3n) is 9.74. The van der Waals surface area contributed by atoms with Crippen molar-refractivity contribution in [3.8, 4) is 17.1 Å². The molecule has 2 atom stereocenters. The maximum atomic E-state index is 13.2. The Balaban J connectivity index is 1.60. The average molecular weight is 703 g/mol. The van der Waals surface area contributed by atoms with E-state index >= 15 is 0 Å². The van der Waals surface area contributed by atoms with E-state index in [0.717, 1.165) is 53.1 Å². The van der Waals surface area contributed by atoms with Gasteiger partial charge in [-0.3, -0.25) is 0 Å². The topological polar surface area (TPSA) is 111 Å². The van der Waals surface area contributed by atoms with Crippen LogP contribution in [0.1, 0.15) is 84.7 Å². The summed E-state index contributed by atoms with van der Waals surface area (Å²) in [5.74, 6) is 0.722. The van der Waals surface area contributed by atoms with E-state index in [-0.39, 0.29) is 5.04 Å². The summed E-state index contributed by atoms with van der Waals surface area (Å²) in [6, 6.07) is 16.0. The van der Waals surface area contributed by atoms with Crippen LogP contribution in [0.25, 0.3) is 33.6 Å². The molecular weight excluding hydrogens is 649 g/mol. The second-order valence-electron chi connectivity index (χ2n) is 15.8. The molecule has 0 saturated carbocycles. The lowest BCUT2D eigenvalue weighted by Crippen LogP contribution is -2.51. The number of rotatable bonds is 11. The third kappa shape index (κ3) is 8.36. The number of pyridine rings is 2. The molecule has 5 rings (SSSR count). The summed E-state index contributed by atoms with van der Waals surface area (Å²) in [6.45, 7) is 21.2. The second-order valence-corrected chi connectivity index (χ2v) is 22.6. The molecule has 11 heteroatoms. The number of nitrogens with one attached hydrogen (secondary N) is 1. The molecule has 3 aromatic heterocycles. The highest BCUT2D eigenvalue weighted by Gasteiger charge is 2.40. The van der Waals surface area contributed by atoms with Crippen LogP contribution in [0, 0.1) is 0 Å². The largest absolute Gasteiger partial charge is 0.598 e. The van der Waals surface area contributed by atoms with Crippen LogP contribution < -0.4 is 4.72 Å². The molecular formula is C38H54N6O3SSi. The summed E-state index contributed by atoms with van der Waals surface area (Å²) in [6.07, 6.45) is 6.20. The molecule has 0 saturated heterocycles. The maximum absolute atomic E-state index is 13.2. The Morgan fingerprint density at radius 2 is 1.78 bits per heavy atom. The molecule has 0 fully saturated rings. The number of hydrogen-bond donors (Lipinski definition) is 2. The fourth-order valence-electron chi connectivity index (χ4n) is 5.60. The minimum absolute atomic E-state index is 0.107. The first-order chi connectivity index (χ1) is 22.9. The van der Waals surface area contributed by atoms with Gasteiger partial charge in [0.1, 0.15) is 4.75 Å². The highest BCUT2D eigenvalue weighted by molar-refractivity contribution is 7.90. The molecule has 264 valence electrons. The van der Waals surface area contributed by atoms with E-state index < -0.39 is 30.2 Å². The summed E-state index contributed by atoms with van der Waals surface area (Å²) in [4.78, 5) is 12.3. The van der Waals surface area contributed by atoms with Gasteiger partial charge in [-0.15, -0.1) is 4.72 Å². The molecule has 4 heterocycles. The second kappa shape index (κ2) is 14.4. The van der Waals surface area contributed by atoms with Gasteiger partial charge in [0.15, 0.2) is 19.9 Å². The van der Waals surface area contributed by atoms with Crippen molar-refractivity contribution in [2.24, 2.45) is 0 Å². The lowest BCUT2D eigenvalue weighted by atomic mass is 9.93. The summed E-state index contributed by atoms with van der Waals surface area (Å²) in [5.41, 5.74) is 4.68. The lowest BCUT2D eigenvalue weighted by Gasteiger charge is -2.36.